The third-order valence-corrected chi connectivity index (χ3v) is 4.06. The third-order valence-electron chi connectivity index (χ3n) is 4.06. The van der Waals surface area contributed by atoms with Crippen LogP contribution in [0.4, 0.5) is 5.82 Å². The molecule has 1 aliphatic rings. The molecule has 2 aromatic rings. The Hall–Kier alpha value is -2.63. The quantitative estimate of drug-likeness (QED) is 0.911. The van der Waals surface area contributed by atoms with Gasteiger partial charge in [0.05, 0.1) is 6.61 Å². The average Bonchev–Trinajstić information content (AvgIpc) is 2.61. The van der Waals surface area contributed by atoms with Gasteiger partial charge in [-0.15, -0.1) is 0 Å². The molecule has 120 valence electrons. The van der Waals surface area contributed by atoms with Crippen molar-refractivity contribution in [2.45, 2.75) is 12.8 Å². The standard InChI is InChI=1S/C17H20N4O2/c18-17(22)15-11-14(4-8-19-15)23-12-13-5-9-21(10-6-13)16-3-1-2-7-20-16/h1-4,7-8,11,13H,5-6,9-10,12H2,(H2,18,22). The lowest BCUT2D eigenvalue weighted by Gasteiger charge is -2.32. The zero-order valence-corrected chi connectivity index (χ0v) is 12.9. The molecule has 0 aromatic carbocycles. The summed E-state index contributed by atoms with van der Waals surface area (Å²) in [6.45, 7) is 2.60. The highest BCUT2D eigenvalue weighted by Gasteiger charge is 2.20. The third kappa shape index (κ3) is 3.97. The van der Waals surface area contributed by atoms with Crippen LogP contribution in [0, 0.1) is 5.92 Å². The summed E-state index contributed by atoms with van der Waals surface area (Å²) in [4.78, 5) is 21.7. The van der Waals surface area contributed by atoms with Gasteiger partial charge in [-0.05, 0) is 37.0 Å². The lowest BCUT2D eigenvalue weighted by molar-refractivity contribution is 0.0995. The minimum absolute atomic E-state index is 0.229. The molecule has 23 heavy (non-hydrogen) atoms. The summed E-state index contributed by atoms with van der Waals surface area (Å²) in [5.74, 6) is 1.63. The molecule has 0 aliphatic carbocycles. The fourth-order valence-corrected chi connectivity index (χ4v) is 2.72. The molecule has 6 heteroatoms. The minimum Gasteiger partial charge on any atom is -0.493 e. The van der Waals surface area contributed by atoms with Crippen LogP contribution in [-0.4, -0.2) is 35.6 Å². The first-order valence-corrected chi connectivity index (χ1v) is 7.77. The van der Waals surface area contributed by atoms with Gasteiger partial charge in [-0.25, -0.2) is 4.98 Å². The van der Waals surface area contributed by atoms with Crippen LogP contribution >= 0.6 is 0 Å². The number of hydrogen-bond acceptors (Lipinski definition) is 5. The maximum absolute atomic E-state index is 11.1. The molecule has 6 nitrogen and oxygen atoms in total. The lowest BCUT2D eigenvalue weighted by Crippen LogP contribution is -2.36. The number of rotatable bonds is 5. The molecule has 1 aliphatic heterocycles. The highest BCUT2D eigenvalue weighted by molar-refractivity contribution is 5.91. The summed E-state index contributed by atoms with van der Waals surface area (Å²) in [5, 5.41) is 0. The Morgan fingerprint density at radius 1 is 1.22 bits per heavy atom. The molecule has 1 amide bonds. The van der Waals surface area contributed by atoms with Gasteiger partial charge in [0.25, 0.3) is 5.91 Å². The predicted molar refractivity (Wildman–Crippen MR) is 87.4 cm³/mol. The van der Waals surface area contributed by atoms with Gasteiger partial charge >= 0.3 is 0 Å². The van der Waals surface area contributed by atoms with Crippen molar-refractivity contribution in [1.29, 1.82) is 0 Å². The molecule has 1 saturated heterocycles. The maximum atomic E-state index is 11.1. The molecule has 0 bridgehead atoms. The highest BCUT2D eigenvalue weighted by Crippen LogP contribution is 2.22. The van der Waals surface area contributed by atoms with Crippen molar-refractivity contribution < 1.29 is 9.53 Å². The van der Waals surface area contributed by atoms with Crippen LogP contribution in [0.25, 0.3) is 0 Å². The summed E-state index contributed by atoms with van der Waals surface area (Å²) in [6.07, 6.45) is 5.48. The number of ether oxygens (including phenoxy) is 1. The molecule has 0 spiro atoms. The van der Waals surface area contributed by atoms with E-state index in [0.717, 1.165) is 31.7 Å². The largest absolute Gasteiger partial charge is 0.493 e. The number of primary amides is 1. The average molecular weight is 312 g/mol. The van der Waals surface area contributed by atoms with E-state index >= 15 is 0 Å². The van der Waals surface area contributed by atoms with Crippen molar-refractivity contribution in [2.24, 2.45) is 11.7 Å². The van der Waals surface area contributed by atoms with Gasteiger partial charge in [0.1, 0.15) is 17.3 Å². The second kappa shape index (κ2) is 7.09. The van der Waals surface area contributed by atoms with Crippen molar-refractivity contribution in [1.82, 2.24) is 9.97 Å². The van der Waals surface area contributed by atoms with Crippen molar-refractivity contribution in [3.8, 4) is 5.75 Å². The highest BCUT2D eigenvalue weighted by atomic mass is 16.5. The Kier molecular flexibility index (Phi) is 4.71. The first-order valence-electron chi connectivity index (χ1n) is 7.77. The van der Waals surface area contributed by atoms with E-state index in [-0.39, 0.29) is 5.69 Å². The number of piperidine rings is 1. The maximum Gasteiger partial charge on any atom is 0.267 e. The van der Waals surface area contributed by atoms with Crippen molar-refractivity contribution in [3.05, 3.63) is 48.4 Å². The van der Waals surface area contributed by atoms with Gasteiger partial charge in [0.15, 0.2) is 0 Å². The molecule has 0 saturated carbocycles. The van der Waals surface area contributed by atoms with Crippen molar-refractivity contribution in [2.75, 3.05) is 24.6 Å². The first-order chi connectivity index (χ1) is 11.2. The SMILES string of the molecule is NC(=O)c1cc(OCC2CCN(c3ccccn3)CC2)ccn1. The normalized spacial score (nSPS) is 15.4. The summed E-state index contributed by atoms with van der Waals surface area (Å²) >= 11 is 0. The van der Waals surface area contributed by atoms with Crippen molar-refractivity contribution >= 4 is 11.7 Å². The Bertz CT molecular complexity index is 655. The number of aromatic nitrogens is 2. The molecular formula is C17H20N4O2. The van der Waals surface area contributed by atoms with Gasteiger partial charge in [-0.1, -0.05) is 6.07 Å². The van der Waals surface area contributed by atoms with Gasteiger partial charge in [0, 0.05) is 31.5 Å². The lowest BCUT2D eigenvalue weighted by atomic mass is 9.98. The zero-order valence-electron chi connectivity index (χ0n) is 12.9. The van der Waals surface area contributed by atoms with Crippen LogP contribution in [0.2, 0.25) is 0 Å². The number of nitrogens with two attached hydrogens (primary N) is 1. The summed E-state index contributed by atoms with van der Waals surface area (Å²) in [7, 11) is 0. The number of carbonyl (C=O) groups excluding carboxylic acids is 1. The molecule has 0 unspecified atom stereocenters. The Labute approximate surface area is 135 Å². The van der Waals surface area contributed by atoms with Crippen LogP contribution in [-0.2, 0) is 0 Å². The van der Waals surface area contributed by atoms with E-state index in [2.05, 4.69) is 14.9 Å². The molecule has 0 atom stereocenters. The molecular weight excluding hydrogens is 292 g/mol. The topological polar surface area (TPSA) is 81.3 Å². The van der Waals surface area contributed by atoms with E-state index < -0.39 is 5.91 Å². The zero-order chi connectivity index (χ0) is 16.1. The smallest absolute Gasteiger partial charge is 0.267 e. The van der Waals surface area contributed by atoms with Gasteiger partial charge < -0.3 is 15.4 Å². The fraction of sp³-hybridized carbons (Fsp3) is 0.353. The van der Waals surface area contributed by atoms with E-state index in [1.54, 1.807) is 18.3 Å². The monoisotopic (exact) mass is 312 g/mol. The number of pyridine rings is 2. The van der Waals surface area contributed by atoms with E-state index in [4.69, 9.17) is 10.5 Å². The van der Waals surface area contributed by atoms with E-state index in [9.17, 15) is 4.79 Å². The number of nitrogens with zero attached hydrogens (tertiary/aromatic N) is 3. The van der Waals surface area contributed by atoms with Gasteiger partial charge in [-0.3, -0.25) is 9.78 Å². The second-order valence-corrected chi connectivity index (χ2v) is 5.67. The van der Waals surface area contributed by atoms with Crippen LogP contribution in [0.1, 0.15) is 23.3 Å². The predicted octanol–water partition coefficient (Wildman–Crippen LogP) is 1.87. The number of anilines is 1. The number of carbonyl (C=O) groups is 1. The molecule has 2 N–H and O–H groups in total. The Balaban J connectivity index is 1.49. The summed E-state index contributed by atoms with van der Waals surface area (Å²) in [6, 6.07) is 9.32. The molecule has 3 rings (SSSR count). The van der Waals surface area contributed by atoms with E-state index in [0.29, 0.717) is 18.3 Å². The Morgan fingerprint density at radius 2 is 2.04 bits per heavy atom. The summed E-state index contributed by atoms with van der Waals surface area (Å²) < 4.78 is 5.80. The van der Waals surface area contributed by atoms with E-state index in [1.807, 2.05) is 24.4 Å². The van der Waals surface area contributed by atoms with Crippen LogP contribution in [0.15, 0.2) is 42.7 Å². The van der Waals surface area contributed by atoms with E-state index in [1.165, 1.54) is 0 Å². The number of amides is 1. The second-order valence-electron chi connectivity index (χ2n) is 5.67. The summed E-state index contributed by atoms with van der Waals surface area (Å²) in [5.41, 5.74) is 5.45. The first kappa shape index (κ1) is 15.3. The molecule has 3 heterocycles. The van der Waals surface area contributed by atoms with Crippen LogP contribution in [0.3, 0.4) is 0 Å². The fourth-order valence-electron chi connectivity index (χ4n) is 2.72. The van der Waals surface area contributed by atoms with Crippen molar-refractivity contribution in [3.63, 3.8) is 0 Å². The molecule has 2 aromatic heterocycles. The van der Waals surface area contributed by atoms with Gasteiger partial charge in [0.2, 0.25) is 0 Å². The molecule has 0 radical (unpaired) electrons. The minimum atomic E-state index is -0.542. The van der Waals surface area contributed by atoms with Crippen LogP contribution in [0.5, 0.6) is 5.75 Å². The number of hydrogen-bond donors (Lipinski definition) is 1. The Morgan fingerprint density at radius 3 is 2.74 bits per heavy atom. The van der Waals surface area contributed by atoms with Crippen LogP contribution < -0.4 is 15.4 Å². The molecule has 1 fully saturated rings. The van der Waals surface area contributed by atoms with Gasteiger partial charge in [-0.2, -0.15) is 0 Å².